The fourth-order valence-electron chi connectivity index (χ4n) is 2.28. The maximum atomic E-state index is 4.43. The van der Waals surface area contributed by atoms with E-state index in [-0.39, 0.29) is 6.04 Å². The molecule has 3 heterocycles. The molecular formula is C14H17N3S2. The third kappa shape index (κ3) is 2.45. The smallest absolute Gasteiger partial charge is 0.0700 e. The van der Waals surface area contributed by atoms with Crippen LogP contribution in [0.25, 0.3) is 9.40 Å². The zero-order valence-corrected chi connectivity index (χ0v) is 12.7. The largest absolute Gasteiger partial charge is 0.309 e. The van der Waals surface area contributed by atoms with Gasteiger partial charge in [-0.3, -0.25) is 4.68 Å². The van der Waals surface area contributed by atoms with Crippen LogP contribution in [0.4, 0.5) is 0 Å². The summed E-state index contributed by atoms with van der Waals surface area (Å²) in [6, 6.07) is 4.74. The average molecular weight is 291 g/mol. The number of thiophene rings is 2. The molecule has 5 heteroatoms. The minimum absolute atomic E-state index is 0.246. The molecule has 3 rings (SSSR count). The molecule has 1 unspecified atom stereocenters. The van der Waals surface area contributed by atoms with Crippen molar-refractivity contribution in [3.63, 3.8) is 0 Å². The highest BCUT2D eigenvalue weighted by atomic mass is 32.1. The Morgan fingerprint density at radius 2 is 2.32 bits per heavy atom. The molecule has 0 spiro atoms. The lowest BCUT2D eigenvalue weighted by molar-refractivity contribution is 0.600. The summed E-state index contributed by atoms with van der Waals surface area (Å²) in [6.45, 7) is 3.15. The summed E-state index contributed by atoms with van der Waals surface area (Å²) >= 11 is 3.67. The molecule has 0 amide bonds. The topological polar surface area (TPSA) is 29.9 Å². The second-order valence-electron chi connectivity index (χ2n) is 4.56. The molecule has 0 aromatic carbocycles. The monoisotopic (exact) mass is 291 g/mol. The predicted molar refractivity (Wildman–Crippen MR) is 83.1 cm³/mol. The fourth-order valence-corrected chi connectivity index (χ4v) is 4.54. The fraction of sp³-hybridized carbons (Fsp3) is 0.357. The predicted octanol–water partition coefficient (Wildman–Crippen LogP) is 3.88. The molecule has 0 bridgehead atoms. The van der Waals surface area contributed by atoms with Crippen molar-refractivity contribution in [3.8, 4) is 0 Å². The van der Waals surface area contributed by atoms with Gasteiger partial charge in [0.15, 0.2) is 0 Å². The second-order valence-corrected chi connectivity index (χ2v) is 6.62. The standard InChI is InChI=1S/C14H17N3S2/c1-3-5-17-9-10(8-16-17)14(15-2)13-7-12-11(19-13)4-6-18-12/h4,6-9,14-15H,3,5H2,1-2H3. The van der Waals surface area contributed by atoms with E-state index < -0.39 is 0 Å². The summed E-state index contributed by atoms with van der Waals surface area (Å²) in [5, 5.41) is 9.98. The van der Waals surface area contributed by atoms with Crippen molar-refractivity contribution in [2.75, 3.05) is 7.05 Å². The van der Waals surface area contributed by atoms with Gasteiger partial charge in [0.25, 0.3) is 0 Å². The van der Waals surface area contributed by atoms with Crippen molar-refractivity contribution in [1.82, 2.24) is 15.1 Å². The van der Waals surface area contributed by atoms with Gasteiger partial charge in [-0.05, 0) is 31.0 Å². The van der Waals surface area contributed by atoms with Crippen LogP contribution in [0, 0.1) is 0 Å². The normalized spacial score (nSPS) is 13.2. The molecule has 1 N–H and O–H groups in total. The number of aryl methyl sites for hydroxylation is 1. The van der Waals surface area contributed by atoms with Gasteiger partial charge in [-0.15, -0.1) is 22.7 Å². The molecule has 1 atom stereocenters. The highest BCUT2D eigenvalue weighted by Crippen LogP contribution is 2.35. The van der Waals surface area contributed by atoms with Crippen LogP contribution in [-0.4, -0.2) is 16.8 Å². The van der Waals surface area contributed by atoms with Crippen molar-refractivity contribution in [1.29, 1.82) is 0 Å². The van der Waals surface area contributed by atoms with Gasteiger partial charge in [-0.2, -0.15) is 5.10 Å². The van der Waals surface area contributed by atoms with Gasteiger partial charge in [0.2, 0.25) is 0 Å². The average Bonchev–Trinajstić information content (AvgIpc) is 3.06. The van der Waals surface area contributed by atoms with Gasteiger partial charge < -0.3 is 5.32 Å². The summed E-state index contributed by atoms with van der Waals surface area (Å²) in [6.07, 6.45) is 5.24. The maximum absolute atomic E-state index is 4.43. The molecule has 3 aromatic heterocycles. The van der Waals surface area contributed by atoms with E-state index in [0.29, 0.717) is 0 Å². The molecule has 0 saturated carbocycles. The zero-order valence-electron chi connectivity index (χ0n) is 11.1. The number of aromatic nitrogens is 2. The highest BCUT2D eigenvalue weighted by Gasteiger charge is 2.17. The molecule has 19 heavy (non-hydrogen) atoms. The van der Waals surface area contributed by atoms with Crippen molar-refractivity contribution >= 4 is 32.1 Å². The van der Waals surface area contributed by atoms with Gasteiger partial charge in [-0.1, -0.05) is 6.92 Å². The molecular weight excluding hydrogens is 274 g/mol. The van der Waals surface area contributed by atoms with Crippen molar-refractivity contribution in [3.05, 3.63) is 40.3 Å². The minimum atomic E-state index is 0.246. The SMILES string of the molecule is CCCn1cc(C(NC)c2cc3sccc3s2)cn1. The van der Waals surface area contributed by atoms with Crippen molar-refractivity contribution < 1.29 is 0 Å². The molecule has 0 radical (unpaired) electrons. The number of nitrogens with one attached hydrogen (secondary N) is 1. The lowest BCUT2D eigenvalue weighted by Gasteiger charge is -2.11. The van der Waals surface area contributed by atoms with E-state index in [1.807, 2.05) is 29.3 Å². The Morgan fingerprint density at radius 1 is 1.42 bits per heavy atom. The van der Waals surface area contributed by atoms with Crippen LogP contribution in [0.3, 0.4) is 0 Å². The summed E-state index contributed by atoms with van der Waals surface area (Å²) in [7, 11) is 2.01. The second kappa shape index (κ2) is 5.45. The van der Waals surface area contributed by atoms with E-state index in [1.54, 1.807) is 11.3 Å². The Hall–Kier alpha value is -1.17. The van der Waals surface area contributed by atoms with Crippen LogP contribution in [0.5, 0.6) is 0 Å². The highest BCUT2D eigenvalue weighted by molar-refractivity contribution is 7.27. The van der Waals surface area contributed by atoms with Crippen LogP contribution >= 0.6 is 22.7 Å². The first kappa shape index (κ1) is 12.8. The Bertz CT molecular complexity index is 636. The number of nitrogens with zero attached hydrogens (tertiary/aromatic N) is 2. The van der Waals surface area contributed by atoms with Gasteiger partial charge in [0, 0.05) is 32.6 Å². The maximum Gasteiger partial charge on any atom is 0.0700 e. The third-order valence-electron chi connectivity index (χ3n) is 3.17. The molecule has 3 aromatic rings. The molecule has 0 saturated heterocycles. The van der Waals surface area contributed by atoms with Crippen LogP contribution in [-0.2, 0) is 6.54 Å². The van der Waals surface area contributed by atoms with E-state index in [1.165, 1.54) is 19.8 Å². The Kier molecular flexibility index (Phi) is 3.68. The van der Waals surface area contributed by atoms with Crippen LogP contribution in [0.2, 0.25) is 0 Å². The Morgan fingerprint density at radius 3 is 3.05 bits per heavy atom. The number of fused-ring (bicyclic) bond motifs is 1. The summed E-state index contributed by atoms with van der Waals surface area (Å²) in [5.41, 5.74) is 1.24. The third-order valence-corrected chi connectivity index (χ3v) is 5.33. The molecule has 100 valence electrons. The summed E-state index contributed by atoms with van der Waals surface area (Å²) < 4.78 is 4.78. The quantitative estimate of drug-likeness (QED) is 0.773. The number of hydrogen-bond acceptors (Lipinski definition) is 4. The first-order valence-corrected chi connectivity index (χ1v) is 8.18. The van der Waals surface area contributed by atoms with Gasteiger partial charge in [0.1, 0.15) is 0 Å². The van der Waals surface area contributed by atoms with Crippen LogP contribution < -0.4 is 5.32 Å². The molecule has 0 aliphatic carbocycles. The minimum Gasteiger partial charge on any atom is -0.309 e. The van der Waals surface area contributed by atoms with Gasteiger partial charge in [0.05, 0.1) is 12.2 Å². The van der Waals surface area contributed by atoms with E-state index >= 15 is 0 Å². The summed E-state index contributed by atoms with van der Waals surface area (Å²) in [5.74, 6) is 0. The van der Waals surface area contributed by atoms with Gasteiger partial charge in [-0.25, -0.2) is 0 Å². The van der Waals surface area contributed by atoms with E-state index in [0.717, 1.165) is 13.0 Å². The van der Waals surface area contributed by atoms with Crippen LogP contribution in [0.1, 0.15) is 29.8 Å². The van der Waals surface area contributed by atoms with Crippen molar-refractivity contribution in [2.24, 2.45) is 0 Å². The van der Waals surface area contributed by atoms with E-state index in [9.17, 15) is 0 Å². The summed E-state index contributed by atoms with van der Waals surface area (Å²) in [4.78, 5) is 1.36. The zero-order chi connectivity index (χ0) is 13.2. The van der Waals surface area contributed by atoms with Crippen LogP contribution in [0.15, 0.2) is 29.9 Å². The van der Waals surface area contributed by atoms with Gasteiger partial charge >= 0.3 is 0 Å². The number of hydrogen-bond donors (Lipinski definition) is 1. The molecule has 0 aliphatic heterocycles. The molecule has 0 aliphatic rings. The van der Waals surface area contributed by atoms with E-state index in [2.05, 4.69) is 41.0 Å². The lowest BCUT2D eigenvalue weighted by atomic mass is 10.1. The first-order valence-electron chi connectivity index (χ1n) is 6.48. The first-order chi connectivity index (χ1) is 9.31. The Labute approximate surface area is 120 Å². The Balaban J connectivity index is 1.92. The molecule has 0 fully saturated rings. The molecule has 3 nitrogen and oxygen atoms in total. The lowest BCUT2D eigenvalue weighted by Crippen LogP contribution is -2.15. The number of rotatable bonds is 5. The van der Waals surface area contributed by atoms with Crippen molar-refractivity contribution in [2.45, 2.75) is 25.9 Å². The van der Waals surface area contributed by atoms with E-state index in [4.69, 9.17) is 0 Å².